The Morgan fingerprint density at radius 1 is 1.07 bits per heavy atom. The Bertz CT molecular complexity index is 828. The van der Waals surface area contributed by atoms with Crippen molar-refractivity contribution in [3.05, 3.63) is 53.3 Å². The van der Waals surface area contributed by atoms with Crippen molar-refractivity contribution in [3.63, 3.8) is 0 Å². The molecule has 154 valence electrons. The van der Waals surface area contributed by atoms with Crippen molar-refractivity contribution in [2.24, 2.45) is 0 Å². The third kappa shape index (κ3) is 4.14. The average Bonchev–Trinajstić information content (AvgIpc) is 3.22. The monoisotopic (exact) mass is 395 g/mol. The third-order valence-corrected chi connectivity index (χ3v) is 5.88. The van der Waals surface area contributed by atoms with E-state index in [1.807, 2.05) is 11.0 Å². The van der Waals surface area contributed by atoms with Gasteiger partial charge in [-0.05, 0) is 36.1 Å². The van der Waals surface area contributed by atoms with Gasteiger partial charge in [0.15, 0.2) is 5.79 Å². The van der Waals surface area contributed by atoms with Crippen LogP contribution in [0.15, 0.2) is 36.5 Å². The molecule has 0 unspecified atom stereocenters. The summed E-state index contributed by atoms with van der Waals surface area (Å²) < 4.78 is 11.5. The Hall–Kier alpha value is -2.44. The van der Waals surface area contributed by atoms with Gasteiger partial charge in [-0.1, -0.05) is 32.0 Å². The number of likely N-dealkylation sites (tertiary alicyclic amines) is 1. The number of hydrogen-bond donors (Lipinski definition) is 1. The molecule has 2 aliphatic heterocycles. The molecular weight excluding hydrogens is 366 g/mol. The predicted octanol–water partition coefficient (Wildman–Crippen LogP) is 3.93. The molecule has 2 saturated heterocycles. The van der Waals surface area contributed by atoms with E-state index in [1.165, 1.54) is 11.1 Å². The molecule has 6 nitrogen and oxygen atoms in total. The molecule has 2 aromatic rings. The van der Waals surface area contributed by atoms with Gasteiger partial charge < -0.3 is 19.7 Å². The number of piperidine rings is 1. The minimum absolute atomic E-state index is 0.0346. The Morgan fingerprint density at radius 2 is 1.72 bits per heavy atom. The molecule has 0 radical (unpaired) electrons. The fourth-order valence-corrected chi connectivity index (χ4v) is 4.14. The van der Waals surface area contributed by atoms with E-state index in [4.69, 9.17) is 9.47 Å². The standard InChI is InChI=1S/C23H29N3O3/c1-3-17-6-5-7-18(4-2)21(17)25-19-8-9-20(24-16-19)22(27)26-12-10-23(11-13-26)28-14-15-29-23/h5-9,16,25H,3-4,10-15H2,1-2H3. The lowest BCUT2D eigenvalue weighted by Gasteiger charge is -2.37. The van der Waals surface area contributed by atoms with Gasteiger partial charge in [0, 0.05) is 31.6 Å². The lowest BCUT2D eigenvalue weighted by Crippen LogP contribution is -2.47. The largest absolute Gasteiger partial charge is 0.354 e. The number of anilines is 2. The van der Waals surface area contributed by atoms with Crippen molar-refractivity contribution in [2.45, 2.75) is 45.3 Å². The van der Waals surface area contributed by atoms with Gasteiger partial charge in [-0.15, -0.1) is 0 Å². The van der Waals surface area contributed by atoms with E-state index in [2.05, 4.69) is 42.3 Å². The van der Waals surface area contributed by atoms with E-state index in [0.717, 1.165) is 24.2 Å². The van der Waals surface area contributed by atoms with Gasteiger partial charge in [0.2, 0.25) is 0 Å². The van der Waals surface area contributed by atoms with Crippen LogP contribution >= 0.6 is 0 Å². The summed E-state index contributed by atoms with van der Waals surface area (Å²) in [7, 11) is 0. The number of aryl methyl sites for hydroxylation is 2. The highest BCUT2D eigenvalue weighted by Gasteiger charge is 2.41. The molecule has 0 atom stereocenters. The maximum atomic E-state index is 12.8. The van der Waals surface area contributed by atoms with E-state index in [-0.39, 0.29) is 5.91 Å². The average molecular weight is 396 g/mol. The molecule has 3 heterocycles. The van der Waals surface area contributed by atoms with Crippen LogP contribution in [0.4, 0.5) is 11.4 Å². The smallest absolute Gasteiger partial charge is 0.272 e. The van der Waals surface area contributed by atoms with E-state index < -0.39 is 5.79 Å². The number of aromatic nitrogens is 1. The van der Waals surface area contributed by atoms with Crippen LogP contribution in [0, 0.1) is 0 Å². The molecule has 0 aliphatic carbocycles. The molecule has 0 bridgehead atoms. The zero-order chi connectivity index (χ0) is 20.3. The number of rotatable bonds is 5. The molecule has 1 spiro atoms. The summed E-state index contributed by atoms with van der Waals surface area (Å²) in [5.74, 6) is -0.505. The molecule has 1 N–H and O–H groups in total. The first-order valence-electron chi connectivity index (χ1n) is 10.5. The number of carbonyl (C=O) groups is 1. The first-order chi connectivity index (χ1) is 14.1. The van der Waals surface area contributed by atoms with Crippen LogP contribution in [0.2, 0.25) is 0 Å². The Balaban J connectivity index is 1.43. The minimum Gasteiger partial charge on any atom is -0.354 e. The highest BCUT2D eigenvalue weighted by atomic mass is 16.7. The fraction of sp³-hybridized carbons (Fsp3) is 0.478. The number of ether oxygens (including phenoxy) is 2. The van der Waals surface area contributed by atoms with Crippen molar-refractivity contribution < 1.29 is 14.3 Å². The molecule has 1 amide bonds. The second-order valence-corrected chi connectivity index (χ2v) is 7.62. The normalized spacial score (nSPS) is 18.2. The molecule has 2 fully saturated rings. The summed E-state index contributed by atoms with van der Waals surface area (Å²) in [6.07, 6.45) is 5.10. The van der Waals surface area contributed by atoms with Crippen molar-refractivity contribution in [1.29, 1.82) is 0 Å². The number of nitrogens with zero attached hydrogens (tertiary/aromatic N) is 2. The van der Waals surface area contributed by atoms with Crippen LogP contribution in [0.25, 0.3) is 0 Å². The Labute approximate surface area is 172 Å². The minimum atomic E-state index is -0.471. The molecule has 0 saturated carbocycles. The number of amides is 1. The first kappa shape index (κ1) is 19.9. The first-order valence-corrected chi connectivity index (χ1v) is 10.5. The van der Waals surface area contributed by atoms with Gasteiger partial charge in [-0.3, -0.25) is 4.79 Å². The predicted molar refractivity (Wildman–Crippen MR) is 112 cm³/mol. The van der Waals surface area contributed by atoms with E-state index in [9.17, 15) is 4.79 Å². The lowest BCUT2D eigenvalue weighted by atomic mass is 10.0. The van der Waals surface area contributed by atoms with Crippen LogP contribution in [-0.2, 0) is 22.3 Å². The maximum Gasteiger partial charge on any atom is 0.272 e. The number of benzene rings is 1. The van der Waals surface area contributed by atoms with Crippen LogP contribution in [-0.4, -0.2) is 47.9 Å². The highest BCUT2D eigenvalue weighted by Crippen LogP contribution is 2.32. The number of nitrogens with one attached hydrogen (secondary N) is 1. The van der Waals surface area contributed by atoms with Gasteiger partial charge in [-0.2, -0.15) is 0 Å². The van der Waals surface area contributed by atoms with Gasteiger partial charge in [0.1, 0.15) is 5.69 Å². The van der Waals surface area contributed by atoms with E-state index in [1.54, 1.807) is 12.3 Å². The van der Waals surface area contributed by atoms with Crippen LogP contribution in [0.3, 0.4) is 0 Å². The second-order valence-electron chi connectivity index (χ2n) is 7.62. The van der Waals surface area contributed by atoms with E-state index >= 15 is 0 Å². The summed E-state index contributed by atoms with van der Waals surface area (Å²) in [4.78, 5) is 19.1. The second kappa shape index (κ2) is 8.51. The summed E-state index contributed by atoms with van der Waals surface area (Å²) in [5, 5.41) is 3.50. The van der Waals surface area contributed by atoms with Gasteiger partial charge in [-0.25, -0.2) is 4.98 Å². The van der Waals surface area contributed by atoms with Crippen LogP contribution in [0.1, 0.15) is 48.3 Å². The maximum absolute atomic E-state index is 12.8. The number of pyridine rings is 1. The van der Waals surface area contributed by atoms with Gasteiger partial charge in [0.25, 0.3) is 5.91 Å². The topological polar surface area (TPSA) is 63.7 Å². The number of carbonyl (C=O) groups excluding carboxylic acids is 1. The van der Waals surface area contributed by atoms with Crippen LogP contribution in [0.5, 0.6) is 0 Å². The summed E-state index contributed by atoms with van der Waals surface area (Å²) >= 11 is 0. The number of hydrogen-bond acceptors (Lipinski definition) is 5. The highest BCUT2D eigenvalue weighted by molar-refractivity contribution is 5.92. The fourth-order valence-electron chi connectivity index (χ4n) is 4.14. The quantitative estimate of drug-likeness (QED) is 0.831. The SMILES string of the molecule is CCc1cccc(CC)c1Nc1ccc(C(=O)N2CCC3(CC2)OCCO3)nc1. The summed E-state index contributed by atoms with van der Waals surface area (Å²) in [5.41, 5.74) is 5.07. The molecule has 1 aromatic heterocycles. The van der Waals surface area contributed by atoms with E-state index in [0.29, 0.717) is 44.8 Å². The van der Waals surface area contributed by atoms with Gasteiger partial charge >= 0.3 is 0 Å². The zero-order valence-corrected chi connectivity index (χ0v) is 17.2. The molecule has 6 heteroatoms. The summed E-state index contributed by atoms with van der Waals surface area (Å²) in [6.45, 7) is 6.86. The molecule has 2 aliphatic rings. The molecular formula is C23H29N3O3. The van der Waals surface area contributed by atoms with Crippen molar-refractivity contribution in [1.82, 2.24) is 9.88 Å². The third-order valence-electron chi connectivity index (χ3n) is 5.88. The lowest BCUT2D eigenvalue weighted by molar-refractivity contribution is -0.181. The zero-order valence-electron chi connectivity index (χ0n) is 17.2. The number of para-hydroxylation sites is 1. The Morgan fingerprint density at radius 3 is 2.28 bits per heavy atom. The Kier molecular flexibility index (Phi) is 5.83. The molecule has 1 aromatic carbocycles. The van der Waals surface area contributed by atoms with Crippen molar-refractivity contribution in [3.8, 4) is 0 Å². The van der Waals surface area contributed by atoms with Crippen LogP contribution < -0.4 is 5.32 Å². The molecule has 4 rings (SSSR count). The molecule has 29 heavy (non-hydrogen) atoms. The van der Waals surface area contributed by atoms with Crippen molar-refractivity contribution in [2.75, 3.05) is 31.6 Å². The van der Waals surface area contributed by atoms with Gasteiger partial charge in [0.05, 0.1) is 25.1 Å². The summed E-state index contributed by atoms with van der Waals surface area (Å²) in [6, 6.07) is 10.1. The van der Waals surface area contributed by atoms with Crippen molar-refractivity contribution >= 4 is 17.3 Å².